The predicted octanol–water partition coefficient (Wildman–Crippen LogP) is 2.13. The zero-order chi connectivity index (χ0) is 16.8. The summed E-state index contributed by atoms with van der Waals surface area (Å²) in [5, 5.41) is 0. The molecule has 1 aromatic rings. The van der Waals surface area contributed by atoms with Crippen molar-refractivity contribution in [3.63, 3.8) is 0 Å². The number of amides is 2. The summed E-state index contributed by atoms with van der Waals surface area (Å²) in [6.07, 6.45) is 4.55. The van der Waals surface area contributed by atoms with Crippen LogP contribution in [-0.2, 0) is 9.59 Å². The van der Waals surface area contributed by atoms with Gasteiger partial charge in [-0.1, -0.05) is 31.0 Å². The van der Waals surface area contributed by atoms with Crippen LogP contribution in [0.3, 0.4) is 0 Å². The Balaban J connectivity index is 1.47. The van der Waals surface area contributed by atoms with Gasteiger partial charge in [0, 0.05) is 45.0 Å². The van der Waals surface area contributed by atoms with Crippen molar-refractivity contribution in [3.05, 3.63) is 30.3 Å². The van der Waals surface area contributed by atoms with Gasteiger partial charge in [0.1, 0.15) is 6.42 Å². The van der Waals surface area contributed by atoms with Gasteiger partial charge in [-0.05, 0) is 25.0 Å². The Kier molecular flexibility index (Phi) is 5.72. The fourth-order valence-electron chi connectivity index (χ4n) is 3.53. The van der Waals surface area contributed by atoms with E-state index in [1.54, 1.807) is 0 Å². The number of likely N-dealkylation sites (tertiary alicyclic amines) is 1. The predicted molar refractivity (Wildman–Crippen MR) is 94.9 cm³/mol. The first kappa shape index (κ1) is 16.8. The molecule has 2 heterocycles. The van der Waals surface area contributed by atoms with Crippen molar-refractivity contribution in [2.75, 3.05) is 44.2 Å². The van der Waals surface area contributed by atoms with E-state index < -0.39 is 0 Å². The van der Waals surface area contributed by atoms with Gasteiger partial charge in [-0.15, -0.1) is 0 Å². The molecule has 0 radical (unpaired) electrons. The van der Waals surface area contributed by atoms with Gasteiger partial charge in [0.25, 0.3) is 0 Å². The topological polar surface area (TPSA) is 43.9 Å². The van der Waals surface area contributed by atoms with Crippen LogP contribution in [-0.4, -0.2) is 60.9 Å². The molecule has 2 aliphatic heterocycles. The molecule has 0 aliphatic carbocycles. The van der Waals surface area contributed by atoms with Gasteiger partial charge in [-0.25, -0.2) is 0 Å². The normalized spacial score (nSPS) is 19.1. The minimum atomic E-state index is -0.0167. The minimum Gasteiger partial charge on any atom is -0.368 e. The fraction of sp³-hybridized carbons (Fsp3) is 0.579. The first-order valence-electron chi connectivity index (χ1n) is 9.09. The van der Waals surface area contributed by atoms with Crippen molar-refractivity contribution in [1.82, 2.24) is 9.80 Å². The summed E-state index contributed by atoms with van der Waals surface area (Å²) >= 11 is 0. The summed E-state index contributed by atoms with van der Waals surface area (Å²) in [6, 6.07) is 10.3. The molecule has 0 spiro atoms. The molecule has 2 amide bonds. The van der Waals surface area contributed by atoms with Crippen molar-refractivity contribution in [1.29, 1.82) is 0 Å². The van der Waals surface area contributed by atoms with E-state index in [0.29, 0.717) is 13.1 Å². The molecule has 0 unspecified atom stereocenters. The van der Waals surface area contributed by atoms with Crippen molar-refractivity contribution >= 4 is 17.5 Å². The van der Waals surface area contributed by atoms with Crippen LogP contribution in [0.2, 0.25) is 0 Å². The van der Waals surface area contributed by atoms with Gasteiger partial charge in [0.2, 0.25) is 11.8 Å². The number of nitrogens with zero attached hydrogens (tertiary/aromatic N) is 3. The monoisotopic (exact) mass is 329 g/mol. The minimum absolute atomic E-state index is 0.00684. The summed E-state index contributed by atoms with van der Waals surface area (Å²) in [5.41, 5.74) is 1.20. The highest BCUT2D eigenvalue weighted by molar-refractivity contribution is 5.97. The van der Waals surface area contributed by atoms with Crippen molar-refractivity contribution in [2.45, 2.75) is 32.1 Å². The molecule has 0 N–H and O–H groups in total. The molecule has 24 heavy (non-hydrogen) atoms. The lowest BCUT2D eigenvalue weighted by atomic mass is 10.2. The molecule has 5 heteroatoms. The van der Waals surface area contributed by atoms with Gasteiger partial charge < -0.3 is 14.7 Å². The number of rotatable bonds is 3. The Morgan fingerprint density at radius 1 is 0.708 bits per heavy atom. The van der Waals surface area contributed by atoms with E-state index in [9.17, 15) is 9.59 Å². The molecular formula is C19H27N3O2. The Morgan fingerprint density at radius 2 is 1.25 bits per heavy atom. The van der Waals surface area contributed by atoms with E-state index >= 15 is 0 Å². The number of anilines is 1. The zero-order valence-electron chi connectivity index (χ0n) is 14.3. The highest BCUT2D eigenvalue weighted by Crippen LogP contribution is 2.16. The van der Waals surface area contributed by atoms with E-state index in [2.05, 4.69) is 17.0 Å². The molecule has 1 aromatic carbocycles. The third-order valence-electron chi connectivity index (χ3n) is 5.01. The van der Waals surface area contributed by atoms with Crippen LogP contribution in [0.15, 0.2) is 30.3 Å². The lowest BCUT2D eigenvalue weighted by Gasteiger charge is -2.36. The maximum atomic E-state index is 12.4. The maximum Gasteiger partial charge on any atom is 0.232 e. The number of hydrogen-bond donors (Lipinski definition) is 0. The van der Waals surface area contributed by atoms with Crippen LogP contribution in [0, 0.1) is 0 Å². The van der Waals surface area contributed by atoms with Crippen LogP contribution in [0.5, 0.6) is 0 Å². The Hall–Kier alpha value is -2.04. The van der Waals surface area contributed by atoms with E-state index in [4.69, 9.17) is 0 Å². The first-order chi connectivity index (χ1) is 11.7. The molecule has 3 rings (SSSR count). The molecule has 0 atom stereocenters. The lowest BCUT2D eigenvalue weighted by molar-refractivity contribution is -0.140. The van der Waals surface area contributed by atoms with Crippen LogP contribution < -0.4 is 4.90 Å². The fourth-order valence-corrected chi connectivity index (χ4v) is 3.53. The van der Waals surface area contributed by atoms with Gasteiger partial charge in [-0.3, -0.25) is 9.59 Å². The molecule has 0 saturated carbocycles. The summed E-state index contributed by atoms with van der Waals surface area (Å²) in [6.45, 7) is 4.67. The smallest absolute Gasteiger partial charge is 0.232 e. The number of hydrogen-bond acceptors (Lipinski definition) is 3. The van der Waals surface area contributed by atoms with Crippen molar-refractivity contribution in [3.8, 4) is 0 Å². The molecular weight excluding hydrogens is 302 g/mol. The molecule has 2 aliphatic rings. The highest BCUT2D eigenvalue weighted by Gasteiger charge is 2.25. The Morgan fingerprint density at radius 3 is 1.83 bits per heavy atom. The average Bonchev–Trinajstić information content (AvgIpc) is 2.92. The average molecular weight is 329 g/mol. The van der Waals surface area contributed by atoms with Crippen LogP contribution in [0.25, 0.3) is 0 Å². The first-order valence-corrected chi connectivity index (χ1v) is 9.09. The quantitative estimate of drug-likeness (QED) is 0.798. The van der Waals surface area contributed by atoms with Gasteiger partial charge >= 0.3 is 0 Å². The maximum absolute atomic E-state index is 12.4. The third kappa shape index (κ3) is 4.28. The summed E-state index contributed by atoms with van der Waals surface area (Å²) < 4.78 is 0. The number of para-hydroxylation sites is 1. The molecule has 0 aromatic heterocycles. The Labute approximate surface area is 144 Å². The highest BCUT2D eigenvalue weighted by atomic mass is 16.2. The second kappa shape index (κ2) is 8.18. The van der Waals surface area contributed by atoms with E-state index in [1.165, 1.54) is 18.5 Å². The zero-order valence-corrected chi connectivity index (χ0v) is 14.3. The van der Waals surface area contributed by atoms with Crippen LogP contribution >= 0.6 is 0 Å². The molecule has 130 valence electrons. The molecule has 0 bridgehead atoms. The standard InChI is InChI=1S/C19H27N3O2/c23-18(21-10-6-1-2-7-11-21)16-19(24)22-14-12-20(13-15-22)17-8-4-3-5-9-17/h3-5,8-9H,1-2,6-7,10-16H2. The van der Waals surface area contributed by atoms with Crippen molar-refractivity contribution < 1.29 is 9.59 Å². The number of benzene rings is 1. The molecule has 2 fully saturated rings. The number of carbonyl (C=O) groups is 2. The molecule has 2 saturated heterocycles. The Bertz CT molecular complexity index is 545. The molecule has 5 nitrogen and oxygen atoms in total. The van der Waals surface area contributed by atoms with E-state index in [1.807, 2.05) is 28.0 Å². The lowest BCUT2D eigenvalue weighted by Crippen LogP contribution is -2.49. The van der Waals surface area contributed by atoms with Crippen molar-refractivity contribution in [2.24, 2.45) is 0 Å². The van der Waals surface area contributed by atoms with Gasteiger partial charge in [-0.2, -0.15) is 0 Å². The van der Waals surface area contributed by atoms with Crippen LogP contribution in [0.1, 0.15) is 32.1 Å². The van der Waals surface area contributed by atoms with Gasteiger partial charge in [0.15, 0.2) is 0 Å². The summed E-state index contributed by atoms with van der Waals surface area (Å²) in [5.74, 6) is -0.00986. The number of piperazine rings is 1. The van der Waals surface area contributed by atoms with Crippen LogP contribution in [0.4, 0.5) is 5.69 Å². The van der Waals surface area contributed by atoms with Gasteiger partial charge in [0.05, 0.1) is 0 Å². The SMILES string of the molecule is O=C(CC(=O)N1CCN(c2ccccc2)CC1)N1CCCCCC1. The number of carbonyl (C=O) groups excluding carboxylic acids is 2. The van der Waals surface area contributed by atoms with E-state index in [0.717, 1.165) is 39.0 Å². The second-order valence-electron chi connectivity index (χ2n) is 6.68. The summed E-state index contributed by atoms with van der Waals surface area (Å²) in [4.78, 5) is 30.8. The van der Waals surface area contributed by atoms with E-state index in [-0.39, 0.29) is 18.2 Å². The largest absolute Gasteiger partial charge is 0.368 e. The third-order valence-corrected chi connectivity index (χ3v) is 5.01. The second-order valence-corrected chi connectivity index (χ2v) is 6.68. The summed E-state index contributed by atoms with van der Waals surface area (Å²) in [7, 11) is 0.